The van der Waals surface area contributed by atoms with Crippen LogP contribution in [-0.2, 0) is 6.61 Å². The number of nitrogens with one attached hydrogen (secondary N) is 2. The number of hydrazone groups is 1. The van der Waals surface area contributed by atoms with Crippen LogP contribution in [0.5, 0.6) is 11.5 Å². The zero-order valence-corrected chi connectivity index (χ0v) is 18.0. The van der Waals surface area contributed by atoms with Gasteiger partial charge < -0.3 is 14.8 Å². The maximum Gasteiger partial charge on any atom is 0.191 e. The van der Waals surface area contributed by atoms with Gasteiger partial charge >= 0.3 is 0 Å². The second-order valence-corrected chi connectivity index (χ2v) is 7.02. The Bertz CT molecular complexity index is 1010. The van der Waals surface area contributed by atoms with Crippen LogP contribution in [0.2, 0.25) is 5.02 Å². The summed E-state index contributed by atoms with van der Waals surface area (Å²) < 4.78 is 11.6. The highest BCUT2D eigenvalue weighted by atomic mass is 35.5. The Balaban J connectivity index is 1.64. The van der Waals surface area contributed by atoms with Crippen LogP contribution in [0.25, 0.3) is 0 Å². The summed E-state index contributed by atoms with van der Waals surface area (Å²) in [5.41, 5.74) is 5.43. The lowest BCUT2D eigenvalue weighted by Crippen LogP contribution is -2.23. The molecule has 0 aliphatic heterocycles. The molecule has 0 fully saturated rings. The molecule has 0 radical (unpaired) electrons. The lowest BCUT2D eigenvalue weighted by atomic mass is 10.2. The predicted molar refractivity (Wildman–Crippen MR) is 127 cm³/mol. The zero-order valence-electron chi connectivity index (χ0n) is 16.5. The van der Waals surface area contributed by atoms with Gasteiger partial charge in [-0.25, -0.2) is 0 Å². The van der Waals surface area contributed by atoms with Gasteiger partial charge in [-0.3, -0.25) is 5.43 Å². The van der Waals surface area contributed by atoms with Crippen molar-refractivity contribution in [3.8, 4) is 11.5 Å². The van der Waals surface area contributed by atoms with E-state index in [0.717, 1.165) is 16.8 Å². The Morgan fingerprint density at radius 1 is 1.00 bits per heavy atom. The molecule has 0 saturated heterocycles. The van der Waals surface area contributed by atoms with Crippen molar-refractivity contribution < 1.29 is 9.47 Å². The van der Waals surface area contributed by atoms with Crippen molar-refractivity contribution >= 4 is 40.8 Å². The number of halogens is 1. The molecule has 3 aromatic carbocycles. The molecule has 0 atom stereocenters. The number of para-hydroxylation sites is 1. The van der Waals surface area contributed by atoms with Gasteiger partial charge in [-0.05, 0) is 61.1 Å². The topological polar surface area (TPSA) is 54.9 Å². The normalized spacial score (nSPS) is 10.6. The Morgan fingerprint density at radius 3 is 2.53 bits per heavy atom. The molecule has 0 aromatic heterocycles. The van der Waals surface area contributed by atoms with Gasteiger partial charge in [-0.15, -0.1) is 0 Å². The first kappa shape index (κ1) is 21.6. The Kier molecular flexibility index (Phi) is 8.06. The molecular formula is C23H22ClN3O2S. The summed E-state index contributed by atoms with van der Waals surface area (Å²) >= 11 is 11.5. The van der Waals surface area contributed by atoms with Gasteiger partial charge in [0.15, 0.2) is 16.6 Å². The van der Waals surface area contributed by atoms with Crippen LogP contribution in [0.15, 0.2) is 77.9 Å². The van der Waals surface area contributed by atoms with E-state index in [1.54, 1.807) is 6.21 Å². The molecule has 0 aliphatic rings. The second-order valence-electron chi connectivity index (χ2n) is 6.21. The van der Waals surface area contributed by atoms with Crippen molar-refractivity contribution in [1.82, 2.24) is 5.43 Å². The molecule has 0 heterocycles. The van der Waals surface area contributed by atoms with Crippen molar-refractivity contribution in [3.63, 3.8) is 0 Å². The van der Waals surface area contributed by atoms with E-state index >= 15 is 0 Å². The first-order chi connectivity index (χ1) is 14.7. The monoisotopic (exact) mass is 439 g/mol. The highest BCUT2D eigenvalue weighted by Crippen LogP contribution is 2.29. The third kappa shape index (κ3) is 6.47. The maximum absolute atomic E-state index is 6.22. The number of benzene rings is 3. The van der Waals surface area contributed by atoms with Crippen molar-refractivity contribution in [2.45, 2.75) is 13.5 Å². The van der Waals surface area contributed by atoms with E-state index < -0.39 is 0 Å². The van der Waals surface area contributed by atoms with Crippen LogP contribution in [-0.4, -0.2) is 17.9 Å². The van der Waals surface area contributed by atoms with Crippen LogP contribution in [0.1, 0.15) is 18.1 Å². The van der Waals surface area contributed by atoms with Gasteiger partial charge in [-0.1, -0.05) is 48.0 Å². The first-order valence-corrected chi connectivity index (χ1v) is 10.2. The predicted octanol–water partition coefficient (Wildman–Crippen LogP) is 5.64. The third-order valence-electron chi connectivity index (χ3n) is 4.02. The van der Waals surface area contributed by atoms with Crippen LogP contribution >= 0.6 is 23.8 Å². The SMILES string of the molecule is CCOc1ccc(C=NNC(=S)Nc2ccccc2)cc1OCc1ccccc1Cl. The molecule has 0 spiro atoms. The highest BCUT2D eigenvalue weighted by molar-refractivity contribution is 7.80. The molecule has 0 saturated carbocycles. The van der Waals surface area contributed by atoms with Crippen molar-refractivity contribution in [1.29, 1.82) is 0 Å². The van der Waals surface area contributed by atoms with Crippen molar-refractivity contribution in [2.24, 2.45) is 5.10 Å². The minimum atomic E-state index is 0.337. The molecule has 0 unspecified atom stereocenters. The van der Waals surface area contributed by atoms with E-state index in [9.17, 15) is 0 Å². The van der Waals surface area contributed by atoms with E-state index in [-0.39, 0.29) is 0 Å². The molecule has 3 aromatic rings. The molecule has 154 valence electrons. The summed E-state index contributed by atoms with van der Waals surface area (Å²) in [5, 5.41) is 8.31. The van der Waals surface area contributed by atoms with Crippen LogP contribution in [0, 0.1) is 0 Å². The van der Waals surface area contributed by atoms with E-state index in [1.165, 1.54) is 0 Å². The standard InChI is InChI=1S/C23H22ClN3O2S/c1-2-28-21-13-12-17(14-22(21)29-16-18-8-6-7-11-20(18)24)15-25-27-23(30)26-19-9-4-3-5-10-19/h3-15H,2,16H2,1H3,(H2,26,27,30). The molecule has 5 nitrogen and oxygen atoms in total. The Morgan fingerprint density at radius 2 is 1.77 bits per heavy atom. The molecule has 3 rings (SSSR count). The van der Waals surface area contributed by atoms with Crippen LogP contribution < -0.4 is 20.2 Å². The van der Waals surface area contributed by atoms with E-state index in [4.69, 9.17) is 33.3 Å². The molecule has 0 amide bonds. The van der Waals surface area contributed by atoms with Gasteiger partial charge in [0.2, 0.25) is 0 Å². The number of anilines is 1. The largest absolute Gasteiger partial charge is 0.490 e. The minimum absolute atomic E-state index is 0.337. The summed E-state index contributed by atoms with van der Waals surface area (Å²) in [6.07, 6.45) is 1.66. The average molecular weight is 440 g/mol. The fourth-order valence-electron chi connectivity index (χ4n) is 2.61. The lowest BCUT2D eigenvalue weighted by Gasteiger charge is -2.13. The van der Waals surface area contributed by atoms with Gasteiger partial charge in [0.1, 0.15) is 6.61 Å². The smallest absolute Gasteiger partial charge is 0.191 e. The Labute approximate surface area is 186 Å². The van der Waals surface area contributed by atoms with Crippen LogP contribution in [0.3, 0.4) is 0 Å². The number of hydrogen-bond acceptors (Lipinski definition) is 4. The Hall–Kier alpha value is -3.09. The summed E-state index contributed by atoms with van der Waals surface area (Å²) in [7, 11) is 0. The molecule has 2 N–H and O–H groups in total. The van der Waals surface area contributed by atoms with Gasteiger partial charge in [0, 0.05) is 16.3 Å². The molecule has 30 heavy (non-hydrogen) atoms. The average Bonchev–Trinajstić information content (AvgIpc) is 2.75. The highest BCUT2D eigenvalue weighted by Gasteiger charge is 2.08. The fraction of sp³-hybridized carbons (Fsp3) is 0.130. The fourth-order valence-corrected chi connectivity index (χ4v) is 2.97. The van der Waals surface area contributed by atoms with Gasteiger partial charge in [0.25, 0.3) is 0 Å². The summed E-state index contributed by atoms with van der Waals surface area (Å²) in [6, 6.07) is 22.8. The van der Waals surface area contributed by atoms with Crippen molar-refractivity contribution in [3.05, 3.63) is 88.9 Å². The van der Waals surface area contributed by atoms with Crippen LogP contribution in [0.4, 0.5) is 5.69 Å². The van der Waals surface area contributed by atoms with Gasteiger partial charge in [-0.2, -0.15) is 5.10 Å². The molecule has 0 aliphatic carbocycles. The number of ether oxygens (including phenoxy) is 2. The van der Waals surface area contributed by atoms with E-state index in [0.29, 0.717) is 34.8 Å². The first-order valence-electron chi connectivity index (χ1n) is 9.44. The molecular weight excluding hydrogens is 418 g/mol. The molecule has 0 bridgehead atoms. The lowest BCUT2D eigenvalue weighted by molar-refractivity contribution is 0.269. The van der Waals surface area contributed by atoms with E-state index in [2.05, 4.69) is 15.8 Å². The van der Waals surface area contributed by atoms with E-state index in [1.807, 2.05) is 79.7 Å². The van der Waals surface area contributed by atoms with Gasteiger partial charge in [0.05, 0.1) is 12.8 Å². The maximum atomic E-state index is 6.22. The third-order valence-corrected chi connectivity index (χ3v) is 4.58. The van der Waals surface area contributed by atoms with Crippen molar-refractivity contribution in [2.75, 3.05) is 11.9 Å². The second kappa shape index (κ2) is 11.2. The summed E-state index contributed by atoms with van der Waals surface area (Å²) in [5.74, 6) is 1.28. The summed E-state index contributed by atoms with van der Waals surface area (Å²) in [4.78, 5) is 0. The number of thiocarbonyl (C=S) groups is 1. The number of hydrogen-bond donors (Lipinski definition) is 2. The number of rotatable bonds is 8. The molecule has 7 heteroatoms. The quantitative estimate of drug-likeness (QED) is 0.270. The summed E-state index contributed by atoms with van der Waals surface area (Å²) in [6.45, 7) is 2.80. The number of nitrogens with zero attached hydrogens (tertiary/aromatic N) is 1. The zero-order chi connectivity index (χ0) is 21.2. The minimum Gasteiger partial charge on any atom is -0.490 e.